The van der Waals surface area contributed by atoms with Gasteiger partial charge in [0.2, 0.25) is 0 Å². The quantitative estimate of drug-likeness (QED) is 0.211. The first-order valence-corrected chi connectivity index (χ1v) is 22.9. The van der Waals surface area contributed by atoms with E-state index in [-0.39, 0.29) is 0 Å². The van der Waals surface area contributed by atoms with Crippen LogP contribution in [0.3, 0.4) is 0 Å². The smallest absolute Gasteiger partial charge is 0.0208 e. The van der Waals surface area contributed by atoms with Crippen LogP contribution in [0.1, 0.15) is 219 Å². The van der Waals surface area contributed by atoms with Crippen LogP contribution in [-0.4, -0.2) is 23.6 Å². The van der Waals surface area contributed by atoms with E-state index in [2.05, 4.69) is 13.8 Å². The fourth-order valence-electron chi connectivity index (χ4n) is 8.26. The Morgan fingerprint density at radius 1 is 0.333 bits per heavy atom. The maximum Gasteiger partial charge on any atom is -0.0208 e. The van der Waals surface area contributed by atoms with Gasteiger partial charge in [0.25, 0.3) is 0 Å². The highest BCUT2D eigenvalue weighted by Gasteiger charge is 2.23. The molecule has 0 aromatic carbocycles. The Labute approximate surface area is 271 Å². The molecule has 4 atom stereocenters. The van der Waals surface area contributed by atoms with Gasteiger partial charge in [0.05, 0.1) is 0 Å². The van der Waals surface area contributed by atoms with Crippen molar-refractivity contribution in [1.82, 2.24) is 0 Å². The molecule has 250 valence electrons. The minimum atomic E-state index is 1.11. The van der Waals surface area contributed by atoms with Crippen molar-refractivity contribution in [1.29, 1.82) is 0 Å². The number of hydrogen-bond donors (Lipinski definition) is 0. The maximum atomic E-state index is 2.23. The van der Waals surface area contributed by atoms with Crippen LogP contribution in [0.5, 0.6) is 0 Å². The molecule has 2 heterocycles. The van der Waals surface area contributed by atoms with Crippen LogP contribution in [0.4, 0.5) is 0 Å². The summed E-state index contributed by atoms with van der Waals surface area (Å²) in [5.41, 5.74) is 2.25. The largest absolute Gasteiger partial charge is 0.119 e. The van der Waals surface area contributed by atoms with Crippen molar-refractivity contribution in [2.75, 3.05) is 12.3 Å². The normalized spacial score (nSPS) is 28.4. The Hall–Kier alpha value is 0.860. The first-order valence-electron chi connectivity index (χ1n) is 20.3. The molecule has 2 aliphatic carbocycles. The fraction of sp³-hybridized carbons (Fsp3) is 1.00. The summed E-state index contributed by atoms with van der Waals surface area (Å²) in [6.45, 7) is 4.46. The zero-order chi connectivity index (χ0) is 29.8. The highest BCUT2D eigenvalue weighted by molar-refractivity contribution is 7.39. The van der Waals surface area contributed by atoms with E-state index in [9.17, 15) is 0 Å². The van der Waals surface area contributed by atoms with E-state index in [0.29, 0.717) is 0 Å². The minimum Gasteiger partial charge on any atom is -0.119 e. The summed E-state index contributed by atoms with van der Waals surface area (Å²) in [7, 11) is 2.60. The lowest BCUT2D eigenvalue weighted by Gasteiger charge is -2.27. The molecule has 42 heavy (non-hydrogen) atoms. The lowest BCUT2D eigenvalue weighted by molar-refractivity contribution is 0.392. The van der Waals surface area contributed by atoms with Crippen LogP contribution in [0.25, 0.3) is 0 Å². The van der Waals surface area contributed by atoms with Crippen molar-refractivity contribution >= 4 is 17.2 Å². The summed E-state index contributed by atoms with van der Waals surface area (Å²) < 4.78 is 0. The zero-order valence-electron chi connectivity index (χ0n) is 29.4. The molecule has 0 nitrogen and oxygen atoms in total. The summed E-state index contributed by atoms with van der Waals surface area (Å²) in [4.78, 5) is 0. The van der Waals surface area contributed by atoms with Gasteiger partial charge in [0, 0.05) is 0 Å². The Kier molecular flexibility index (Phi) is 27.2. The van der Waals surface area contributed by atoms with E-state index in [1.54, 1.807) is 50.8 Å². The van der Waals surface area contributed by atoms with Crippen LogP contribution < -0.4 is 0 Å². The molecule has 2 saturated carbocycles. The third-order valence-electron chi connectivity index (χ3n) is 11.1. The second-order valence-corrected chi connectivity index (χ2v) is 18.2. The Balaban J connectivity index is 0.000000247. The van der Waals surface area contributed by atoms with Crippen molar-refractivity contribution in [3.05, 3.63) is 0 Å². The van der Waals surface area contributed by atoms with Crippen molar-refractivity contribution in [3.8, 4) is 0 Å². The monoisotopic (exact) mass is 623 g/mol. The first kappa shape index (κ1) is 39.0. The average molecular weight is 623 g/mol. The molecular formula is C40H80P2. The Morgan fingerprint density at radius 3 is 0.905 bits per heavy atom. The van der Waals surface area contributed by atoms with E-state index in [0.717, 1.165) is 23.2 Å². The van der Waals surface area contributed by atoms with Crippen LogP contribution in [0, 0.1) is 11.8 Å². The molecule has 4 aliphatic rings. The molecule has 4 unspecified atom stereocenters. The van der Waals surface area contributed by atoms with Gasteiger partial charge in [-0.05, 0) is 86.8 Å². The molecule has 0 aromatic heterocycles. The third kappa shape index (κ3) is 20.8. The molecule has 0 spiro atoms. The van der Waals surface area contributed by atoms with Crippen LogP contribution in [0.15, 0.2) is 0 Å². The minimum absolute atomic E-state index is 1.11. The molecule has 0 aromatic rings. The standard InChI is InChI=1S/2C17H33P.C6H14/c2*1-2-5-9-13-16(12-8-4-1)17-14-10-6-3-7-11-15-18-17;1-3-5-6-4-2/h2*16-18H,1-15H2;3-6H2,1-2H3. The summed E-state index contributed by atoms with van der Waals surface area (Å²) in [5.74, 6) is 2.22. The Morgan fingerprint density at radius 2 is 0.595 bits per heavy atom. The molecule has 4 fully saturated rings. The van der Waals surface area contributed by atoms with E-state index < -0.39 is 0 Å². The van der Waals surface area contributed by atoms with Gasteiger partial charge in [-0.15, -0.1) is 17.2 Å². The van der Waals surface area contributed by atoms with Gasteiger partial charge in [-0.1, -0.05) is 168 Å². The van der Waals surface area contributed by atoms with E-state index >= 15 is 0 Å². The SMILES string of the molecule is C1CCCCC(C2CCCCCCCP2)CCC1.C1CCCCC(C2CCCCCCCP2)CCC1.CCCCCC. The van der Waals surface area contributed by atoms with Gasteiger partial charge in [-0.25, -0.2) is 0 Å². The first-order chi connectivity index (χ1) is 20.8. The summed E-state index contributed by atoms with van der Waals surface area (Å²) in [5, 5.41) is 0. The number of unbranched alkanes of at least 4 members (excludes halogenated alkanes) is 3. The lowest BCUT2D eigenvalue weighted by Crippen LogP contribution is -2.17. The van der Waals surface area contributed by atoms with Crippen molar-refractivity contribution < 1.29 is 0 Å². The molecule has 2 saturated heterocycles. The molecule has 4 rings (SSSR count). The van der Waals surface area contributed by atoms with Gasteiger partial charge in [-0.3, -0.25) is 0 Å². The van der Waals surface area contributed by atoms with Crippen LogP contribution in [0.2, 0.25) is 0 Å². The molecular weight excluding hydrogens is 542 g/mol. The van der Waals surface area contributed by atoms with E-state index in [1.807, 2.05) is 0 Å². The van der Waals surface area contributed by atoms with E-state index in [1.165, 1.54) is 184 Å². The molecule has 0 radical (unpaired) electrons. The summed E-state index contributed by atoms with van der Waals surface area (Å²) in [6, 6.07) is 0. The summed E-state index contributed by atoms with van der Waals surface area (Å²) >= 11 is 0. The topological polar surface area (TPSA) is 0 Å². The summed E-state index contributed by atoms with van der Waals surface area (Å²) in [6.07, 6.45) is 51.6. The lowest BCUT2D eigenvalue weighted by atomic mass is 9.90. The highest BCUT2D eigenvalue weighted by Crippen LogP contribution is 2.40. The zero-order valence-corrected chi connectivity index (χ0v) is 31.4. The second-order valence-electron chi connectivity index (χ2n) is 14.9. The van der Waals surface area contributed by atoms with Gasteiger partial charge in [0.1, 0.15) is 0 Å². The number of rotatable bonds is 5. The highest BCUT2D eigenvalue weighted by atomic mass is 31.1. The van der Waals surface area contributed by atoms with Gasteiger partial charge < -0.3 is 0 Å². The molecule has 2 aliphatic heterocycles. The molecule has 0 N–H and O–H groups in total. The fourth-order valence-corrected chi connectivity index (χ4v) is 12.1. The second kappa shape index (κ2) is 29.3. The Bertz CT molecular complexity index is 416. The van der Waals surface area contributed by atoms with Crippen molar-refractivity contribution in [2.24, 2.45) is 11.8 Å². The predicted octanol–water partition coefficient (Wildman–Crippen LogP) is 14.9. The molecule has 0 bridgehead atoms. The average Bonchev–Trinajstić information content (AvgIpc) is 3.38. The molecule has 0 amide bonds. The van der Waals surface area contributed by atoms with Crippen molar-refractivity contribution in [2.45, 2.75) is 231 Å². The van der Waals surface area contributed by atoms with Gasteiger partial charge >= 0.3 is 0 Å². The van der Waals surface area contributed by atoms with E-state index in [4.69, 9.17) is 0 Å². The van der Waals surface area contributed by atoms with Crippen LogP contribution >= 0.6 is 17.2 Å². The maximum absolute atomic E-state index is 2.23. The third-order valence-corrected chi connectivity index (χ3v) is 14.9. The number of hydrogen-bond acceptors (Lipinski definition) is 0. The van der Waals surface area contributed by atoms with Crippen LogP contribution in [-0.2, 0) is 0 Å². The molecule has 2 heteroatoms. The predicted molar refractivity (Wildman–Crippen MR) is 200 cm³/mol. The van der Waals surface area contributed by atoms with Crippen molar-refractivity contribution in [3.63, 3.8) is 0 Å². The van der Waals surface area contributed by atoms with Gasteiger partial charge in [-0.2, -0.15) is 0 Å². The van der Waals surface area contributed by atoms with Gasteiger partial charge in [0.15, 0.2) is 0 Å².